The smallest absolute Gasteiger partial charge is 0.240 e. The van der Waals surface area contributed by atoms with E-state index in [1.54, 1.807) is 30.4 Å². The molecule has 0 saturated carbocycles. The van der Waals surface area contributed by atoms with Crippen LogP contribution >= 0.6 is 22.9 Å². The zero-order valence-electron chi connectivity index (χ0n) is 14.2. The molecule has 0 unspecified atom stereocenters. The zero-order valence-corrected chi connectivity index (χ0v) is 16.6. The molecule has 7 heteroatoms. The number of sulfonamides is 1. The summed E-state index contributed by atoms with van der Waals surface area (Å²) in [5.74, 6) is 0.383. The number of nitrogens with zero attached hydrogens (tertiary/aromatic N) is 1. The van der Waals surface area contributed by atoms with Gasteiger partial charge in [0.2, 0.25) is 10.0 Å². The lowest BCUT2D eigenvalue weighted by Gasteiger charge is -2.31. The van der Waals surface area contributed by atoms with Gasteiger partial charge in [-0.1, -0.05) is 23.7 Å². The Morgan fingerprint density at radius 2 is 2.04 bits per heavy atom. The van der Waals surface area contributed by atoms with Crippen molar-refractivity contribution in [1.29, 1.82) is 0 Å². The predicted molar refractivity (Wildman–Crippen MR) is 104 cm³/mol. The largest absolute Gasteiger partial charge is 0.298 e. The van der Waals surface area contributed by atoms with E-state index in [9.17, 15) is 8.42 Å². The lowest BCUT2D eigenvalue weighted by Crippen LogP contribution is -2.38. The Morgan fingerprint density at radius 1 is 1.28 bits per heavy atom. The molecule has 1 N–H and O–H groups in total. The topological polar surface area (TPSA) is 49.4 Å². The minimum atomic E-state index is -3.51. The first-order chi connectivity index (χ1) is 11.9. The first-order valence-corrected chi connectivity index (χ1v) is 11.2. The third kappa shape index (κ3) is 5.05. The molecule has 0 spiro atoms. The first kappa shape index (κ1) is 18.9. The molecule has 4 nitrogen and oxygen atoms in total. The van der Waals surface area contributed by atoms with Crippen molar-refractivity contribution in [3.05, 3.63) is 51.2 Å². The van der Waals surface area contributed by atoms with Crippen molar-refractivity contribution >= 4 is 33.0 Å². The van der Waals surface area contributed by atoms with Crippen molar-refractivity contribution in [1.82, 2.24) is 9.62 Å². The van der Waals surface area contributed by atoms with E-state index in [2.05, 4.69) is 27.1 Å². The number of rotatable bonds is 6. The minimum absolute atomic E-state index is 0.273. The normalized spacial score (nSPS) is 17.0. The van der Waals surface area contributed by atoms with Crippen molar-refractivity contribution in [3.8, 4) is 0 Å². The van der Waals surface area contributed by atoms with E-state index in [1.165, 1.54) is 10.9 Å². The summed E-state index contributed by atoms with van der Waals surface area (Å²) in [7, 11) is -3.51. The molecule has 1 aliphatic rings. The van der Waals surface area contributed by atoms with E-state index in [1.807, 2.05) is 0 Å². The van der Waals surface area contributed by atoms with E-state index >= 15 is 0 Å². The van der Waals surface area contributed by atoms with Gasteiger partial charge in [0, 0.05) is 23.0 Å². The second-order valence-electron chi connectivity index (χ2n) is 6.56. The van der Waals surface area contributed by atoms with Gasteiger partial charge in [-0.05, 0) is 67.9 Å². The Kier molecular flexibility index (Phi) is 6.17. The third-order valence-electron chi connectivity index (χ3n) is 4.67. The number of nitrogens with one attached hydrogen (secondary N) is 1. The fourth-order valence-electron chi connectivity index (χ4n) is 3.14. The highest BCUT2D eigenvalue weighted by molar-refractivity contribution is 7.89. The maximum Gasteiger partial charge on any atom is 0.240 e. The summed E-state index contributed by atoms with van der Waals surface area (Å²) in [5, 5.41) is 2.54. The average molecular weight is 399 g/mol. The van der Waals surface area contributed by atoms with E-state index in [0.717, 1.165) is 32.5 Å². The van der Waals surface area contributed by atoms with Gasteiger partial charge in [0.25, 0.3) is 0 Å². The van der Waals surface area contributed by atoms with E-state index < -0.39 is 10.0 Å². The molecule has 0 atom stereocenters. The van der Waals surface area contributed by atoms with E-state index in [4.69, 9.17) is 11.6 Å². The molecule has 25 heavy (non-hydrogen) atoms. The monoisotopic (exact) mass is 398 g/mol. The lowest BCUT2D eigenvalue weighted by molar-refractivity contribution is 0.180. The number of likely N-dealkylation sites (tertiary alicyclic amines) is 1. The molecule has 0 aliphatic carbocycles. The van der Waals surface area contributed by atoms with Gasteiger partial charge in [-0.2, -0.15) is 0 Å². The van der Waals surface area contributed by atoms with Crippen molar-refractivity contribution in [3.63, 3.8) is 0 Å². The van der Waals surface area contributed by atoms with Crippen molar-refractivity contribution in [2.75, 3.05) is 19.6 Å². The fraction of sp³-hybridized carbons (Fsp3) is 0.444. The Morgan fingerprint density at radius 3 is 2.72 bits per heavy atom. The van der Waals surface area contributed by atoms with Gasteiger partial charge in [0.1, 0.15) is 0 Å². The van der Waals surface area contributed by atoms with Crippen molar-refractivity contribution < 1.29 is 8.42 Å². The predicted octanol–water partition coefficient (Wildman–Crippen LogP) is 3.90. The van der Waals surface area contributed by atoms with Crippen LogP contribution in [-0.2, 0) is 16.6 Å². The molecular formula is C18H23ClN2O2S2. The van der Waals surface area contributed by atoms with Gasteiger partial charge in [-0.3, -0.25) is 4.90 Å². The Balaban J connectivity index is 1.51. The molecule has 1 saturated heterocycles. The van der Waals surface area contributed by atoms with E-state index in [-0.39, 0.29) is 4.90 Å². The zero-order chi connectivity index (χ0) is 17.9. The van der Waals surface area contributed by atoms with Crippen molar-refractivity contribution in [2.24, 2.45) is 5.92 Å². The molecule has 2 heterocycles. The molecule has 1 aromatic carbocycles. The fourth-order valence-corrected chi connectivity index (χ4v) is 5.51. The number of benzene rings is 1. The molecule has 0 radical (unpaired) electrons. The Labute approximate surface area is 158 Å². The standard InChI is InChI=1S/C18H23ClN2O2S2/c1-14-4-5-16(19)11-18(14)25(22,23)20-12-15-6-8-21(9-7-15)13-17-3-2-10-24-17/h2-5,10-11,15,20H,6-9,12-13H2,1H3. The highest BCUT2D eigenvalue weighted by atomic mass is 35.5. The number of thiophene rings is 1. The third-order valence-corrected chi connectivity index (χ3v) is 7.33. The van der Waals surface area contributed by atoms with Crippen LogP contribution in [0.15, 0.2) is 40.6 Å². The van der Waals surface area contributed by atoms with Crippen LogP contribution in [0.3, 0.4) is 0 Å². The number of hydrogen-bond donors (Lipinski definition) is 1. The van der Waals surface area contributed by atoms with Gasteiger partial charge in [0.15, 0.2) is 0 Å². The van der Waals surface area contributed by atoms with Gasteiger partial charge in [-0.25, -0.2) is 13.1 Å². The van der Waals surface area contributed by atoms with Gasteiger partial charge < -0.3 is 0 Å². The van der Waals surface area contributed by atoms with E-state index in [0.29, 0.717) is 23.0 Å². The molecule has 1 fully saturated rings. The van der Waals surface area contributed by atoms with Crippen LogP contribution in [0, 0.1) is 12.8 Å². The Hall–Kier alpha value is -0.920. The second kappa shape index (κ2) is 8.18. The van der Waals surface area contributed by atoms with Crippen LogP contribution in [0.4, 0.5) is 0 Å². The summed E-state index contributed by atoms with van der Waals surface area (Å²) in [6.07, 6.45) is 2.03. The summed E-state index contributed by atoms with van der Waals surface area (Å²) < 4.78 is 27.9. The molecule has 2 aromatic rings. The van der Waals surface area contributed by atoms with Gasteiger partial charge in [-0.15, -0.1) is 11.3 Å². The summed E-state index contributed by atoms with van der Waals surface area (Å²) in [4.78, 5) is 4.10. The highest BCUT2D eigenvalue weighted by Crippen LogP contribution is 2.23. The van der Waals surface area contributed by atoms with Crippen LogP contribution in [0.1, 0.15) is 23.3 Å². The van der Waals surface area contributed by atoms with Gasteiger partial charge in [0.05, 0.1) is 4.90 Å². The van der Waals surface area contributed by atoms with Gasteiger partial charge >= 0.3 is 0 Å². The molecule has 1 aromatic heterocycles. The van der Waals surface area contributed by atoms with Crippen LogP contribution in [0.25, 0.3) is 0 Å². The van der Waals surface area contributed by atoms with Crippen LogP contribution in [-0.4, -0.2) is 33.0 Å². The highest BCUT2D eigenvalue weighted by Gasteiger charge is 2.23. The number of halogens is 1. The number of piperidine rings is 1. The Bertz CT molecular complexity index is 798. The molecule has 136 valence electrons. The average Bonchev–Trinajstić information content (AvgIpc) is 3.09. The second-order valence-corrected chi connectivity index (χ2v) is 9.76. The summed E-state index contributed by atoms with van der Waals surface area (Å²) in [6, 6.07) is 9.21. The number of hydrogen-bond acceptors (Lipinski definition) is 4. The summed E-state index contributed by atoms with van der Waals surface area (Å²) in [5.41, 5.74) is 0.711. The SMILES string of the molecule is Cc1ccc(Cl)cc1S(=O)(=O)NCC1CCN(Cc2cccs2)CC1. The minimum Gasteiger partial charge on any atom is -0.298 e. The maximum atomic E-state index is 12.5. The van der Waals surface area contributed by atoms with Crippen LogP contribution in [0.2, 0.25) is 5.02 Å². The molecular weight excluding hydrogens is 376 g/mol. The summed E-state index contributed by atoms with van der Waals surface area (Å²) >= 11 is 7.74. The van der Waals surface area contributed by atoms with Crippen molar-refractivity contribution in [2.45, 2.75) is 31.2 Å². The molecule has 0 amide bonds. The van der Waals surface area contributed by atoms with Crippen LogP contribution in [0.5, 0.6) is 0 Å². The molecule has 1 aliphatic heterocycles. The summed E-state index contributed by atoms with van der Waals surface area (Å²) in [6.45, 7) is 5.30. The quantitative estimate of drug-likeness (QED) is 0.802. The maximum absolute atomic E-state index is 12.5. The van der Waals surface area contributed by atoms with Crippen LogP contribution < -0.4 is 4.72 Å². The molecule has 3 rings (SSSR count). The number of aryl methyl sites for hydroxylation is 1. The molecule has 0 bridgehead atoms. The lowest BCUT2D eigenvalue weighted by atomic mass is 9.97. The first-order valence-electron chi connectivity index (χ1n) is 8.44.